The van der Waals surface area contributed by atoms with Gasteiger partial charge >= 0.3 is 0 Å². The number of amides is 2. The van der Waals surface area contributed by atoms with Crippen LogP contribution in [-0.4, -0.2) is 23.8 Å². The molecule has 0 bridgehead atoms. The highest BCUT2D eigenvalue weighted by Crippen LogP contribution is 2.15. The number of hydrogen-bond acceptors (Lipinski definition) is 2. The molecule has 0 aromatic heterocycles. The number of nitrogens with one attached hydrogen (secondary N) is 1. The SMILES string of the molecule is CN(Cc1ccccc1)C(=O)c1cccc(NC(=O)c2ccc(F)cc2)c1. The molecule has 0 saturated heterocycles. The third-order valence-corrected chi connectivity index (χ3v) is 4.08. The molecule has 0 spiro atoms. The Hall–Kier alpha value is -3.47. The zero-order chi connectivity index (χ0) is 19.2. The Bertz CT molecular complexity index is 940. The second-order valence-electron chi connectivity index (χ2n) is 6.19. The van der Waals surface area contributed by atoms with Gasteiger partial charge in [-0.05, 0) is 48.0 Å². The van der Waals surface area contributed by atoms with Crippen LogP contribution in [0.2, 0.25) is 0 Å². The fourth-order valence-corrected chi connectivity index (χ4v) is 2.68. The third-order valence-electron chi connectivity index (χ3n) is 4.08. The van der Waals surface area contributed by atoms with Gasteiger partial charge in [-0.3, -0.25) is 9.59 Å². The summed E-state index contributed by atoms with van der Waals surface area (Å²) < 4.78 is 13.0. The first-order valence-electron chi connectivity index (χ1n) is 8.49. The smallest absolute Gasteiger partial charge is 0.255 e. The van der Waals surface area contributed by atoms with Crippen molar-refractivity contribution in [3.05, 3.63) is 101 Å². The van der Waals surface area contributed by atoms with E-state index in [-0.39, 0.29) is 11.8 Å². The van der Waals surface area contributed by atoms with Crippen molar-refractivity contribution in [2.45, 2.75) is 6.54 Å². The predicted octanol–water partition coefficient (Wildman–Crippen LogP) is 4.35. The van der Waals surface area contributed by atoms with E-state index in [4.69, 9.17) is 0 Å². The third kappa shape index (κ3) is 4.79. The van der Waals surface area contributed by atoms with Crippen molar-refractivity contribution in [3.63, 3.8) is 0 Å². The summed E-state index contributed by atoms with van der Waals surface area (Å²) in [5.41, 5.74) is 2.36. The van der Waals surface area contributed by atoms with E-state index in [1.165, 1.54) is 24.3 Å². The van der Waals surface area contributed by atoms with Gasteiger partial charge in [0.1, 0.15) is 5.82 Å². The van der Waals surface area contributed by atoms with Crippen LogP contribution >= 0.6 is 0 Å². The lowest BCUT2D eigenvalue weighted by molar-refractivity contribution is 0.0784. The Morgan fingerprint density at radius 1 is 0.889 bits per heavy atom. The van der Waals surface area contributed by atoms with Gasteiger partial charge in [-0.2, -0.15) is 0 Å². The largest absolute Gasteiger partial charge is 0.337 e. The van der Waals surface area contributed by atoms with Crippen molar-refractivity contribution < 1.29 is 14.0 Å². The van der Waals surface area contributed by atoms with E-state index < -0.39 is 5.82 Å². The standard InChI is InChI=1S/C22H19FN2O2/c1-25(15-16-6-3-2-4-7-16)22(27)18-8-5-9-20(14-18)24-21(26)17-10-12-19(23)13-11-17/h2-14H,15H2,1H3,(H,24,26). The highest BCUT2D eigenvalue weighted by atomic mass is 19.1. The highest BCUT2D eigenvalue weighted by Gasteiger charge is 2.13. The van der Waals surface area contributed by atoms with Gasteiger partial charge in [-0.25, -0.2) is 4.39 Å². The maximum atomic E-state index is 13.0. The number of hydrogen-bond donors (Lipinski definition) is 1. The summed E-state index contributed by atoms with van der Waals surface area (Å²) in [6, 6.07) is 21.7. The first-order chi connectivity index (χ1) is 13.0. The molecule has 0 aliphatic carbocycles. The molecule has 136 valence electrons. The number of carbonyl (C=O) groups excluding carboxylic acids is 2. The summed E-state index contributed by atoms with van der Waals surface area (Å²) in [5, 5.41) is 2.73. The lowest BCUT2D eigenvalue weighted by Crippen LogP contribution is -2.26. The molecule has 0 atom stereocenters. The van der Waals surface area contributed by atoms with Crippen LogP contribution in [0.15, 0.2) is 78.9 Å². The molecule has 3 aromatic carbocycles. The van der Waals surface area contributed by atoms with Crippen LogP contribution in [0.1, 0.15) is 26.3 Å². The quantitative estimate of drug-likeness (QED) is 0.734. The van der Waals surface area contributed by atoms with Crippen molar-refractivity contribution >= 4 is 17.5 Å². The van der Waals surface area contributed by atoms with Crippen LogP contribution in [0.3, 0.4) is 0 Å². The first kappa shape index (κ1) is 18.3. The van der Waals surface area contributed by atoms with E-state index in [0.717, 1.165) is 5.56 Å². The fourth-order valence-electron chi connectivity index (χ4n) is 2.68. The number of rotatable bonds is 5. The van der Waals surface area contributed by atoms with E-state index in [1.54, 1.807) is 36.2 Å². The van der Waals surface area contributed by atoms with E-state index >= 15 is 0 Å². The van der Waals surface area contributed by atoms with Crippen molar-refractivity contribution in [2.75, 3.05) is 12.4 Å². The minimum Gasteiger partial charge on any atom is -0.337 e. The Morgan fingerprint density at radius 3 is 2.30 bits per heavy atom. The highest BCUT2D eigenvalue weighted by molar-refractivity contribution is 6.05. The van der Waals surface area contributed by atoms with Crippen molar-refractivity contribution in [1.29, 1.82) is 0 Å². The fraction of sp³-hybridized carbons (Fsp3) is 0.0909. The number of anilines is 1. The van der Waals surface area contributed by atoms with Crippen LogP contribution in [0.5, 0.6) is 0 Å². The molecule has 2 amide bonds. The monoisotopic (exact) mass is 362 g/mol. The van der Waals surface area contributed by atoms with E-state index in [1.807, 2.05) is 30.3 Å². The van der Waals surface area contributed by atoms with Gasteiger partial charge in [-0.1, -0.05) is 36.4 Å². The molecule has 0 radical (unpaired) electrons. The molecule has 0 fully saturated rings. The normalized spacial score (nSPS) is 10.3. The van der Waals surface area contributed by atoms with Crippen LogP contribution in [0, 0.1) is 5.82 Å². The van der Waals surface area contributed by atoms with E-state index in [2.05, 4.69) is 5.32 Å². The predicted molar refractivity (Wildman–Crippen MR) is 103 cm³/mol. The summed E-state index contributed by atoms with van der Waals surface area (Å²) in [6.07, 6.45) is 0. The van der Waals surface area contributed by atoms with Crippen LogP contribution in [-0.2, 0) is 6.54 Å². The average molecular weight is 362 g/mol. The van der Waals surface area contributed by atoms with Crippen LogP contribution < -0.4 is 5.32 Å². The molecule has 3 rings (SSSR count). The Morgan fingerprint density at radius 2 is 1.59 bits per heavy atom. The molecule has 0 aliphatic rings. The molecule has 0 heterocycles. The molecule has 27 heavy (non-hydrogen) atoms. The maximum Gasteiger partial charge on any atom is 0.255 e. The summed E-state index contributed by atoms with van der Waals surface area (Å²) in [4.78, 5) is 26.5. The summed E-state index contributed by atoms with van der Waals surface area (Å²) in [6.45, 7) is 0.492. The van der Waals surface area contributed by atoms with E-state index in [9.17, 15) is 14.0 Å². The number of halogens is 1. The molecule has 0 unspecified atom stereocenters. The topological polar surface area (TPSA) is 49.4 Å². The van der Waals surface area contributed by atoms with Crippen molar-refractivity contribution in [2.24, 2.45) is 0 Å². The van der Waals surface area contributed by atoms with Crippen molar-refractivity contribution in [3.8, 4) is 0 Å². The maximum absolute atomic E-state index is 13.0. The second-order valence-corrected chi connectivity index (χ2v) is 6.19. The molecule has 5 heteroatoms. The lowest BCUT2D eigenvalue weighted by Gasteiger charge is -2.18. The van der Waals surface area contributed by atoms with Crippen LogP contribution in [0.4, 0.5) is 10.1 Å². The zero-order valence-electron chi connectivity index (χ0n) is 14.9. The van der Waals surface area contributed by atoms with Gasteiger partial charge in [0.2, 0.25) is 0 Å². The minimum absolute atomic E-state index is 0.142. The van der Waals surface area contributed by atoms with Gasteiger partial charge in [0.05, 0.1) is 0 Å². The van der Waals surface area contributed by atoms with Gasteiger partial charge < -0.3 is 10.2 Å². The number of nitrogens with zero attached hydrogens (tertiary/aromatic N) is 1. The van der Waals surface area contributed by atoms with Gasteiger partial charge in [0.15, 0.2) is 0 Å². The molecular weight excluding hydrogens is 343 g/mol. The van der Waals surface area contributed by atoms with E-state index in [0.29, 0.717) is 23.4 Å². The Balaban J connectivity index is 1.70. The summed E-state index contributed by atoms with van der Waals surface area (Å²) >= 11 is 0. The molecule has 0 saturated carbocycles. The lowest BCUT2D eigenvalue weighted by atomic mass is 10.1. The molecule has 3 aromatic rings. The summed E-state index contributed by atoms with van der Waals surface area (Å²) in [7, 11) is 1.74. The molecule has 0 aliphatic heterocycles. The molecule has 4 nitrogen and oxygen atoms in total. The summed E-state index contributed by atoms with van der Waals surface area (Å²) in [5.74, 6) is -0.908. The zero-order valence-corrected chi connectivity index (χ0v) is 14.9. The second kappa shape index (κ2) is 8.27. The Labute approximate surface area is 157 Å². The first-order valence-corrected chi connectivity index (χ1v) is 8.49. The van der Waals surface area contributed by atoms with Crippen molar-refractivity contribution in [1.82, 2.24) is 4.90 Å². The van der Waals surface area contributed by atoms with Gasteiger partial charge in [0, 0.05) is 30.4 Å². The molecular formula is C22H19FN2O2. The van der Waals surface area contributed by atoms with Gasteiger partial charge in [-0.15, -0.1) is 0 Å². The van der Waals surface area contributed by atoms with Crippen LogP contribution in [0.25, 0.3) is 0 Å². The number of benzene rings is 3. The minimum atomic E-state index is -0.402. The Kier molecular flexibility index (Phi) is 5.61. The number of carbonyl (C=O) groups is 2. The molecule has 1 N–H and O–H groups in total. The average Bonchev–Trinajstić information content (AvgIpc) is 2.69. The van der Waals surface area contributed by atoms with Gasteiger partial charge in [0.25, 0.3) is 11.8 Å².